The molecule has 88 valence electrons. The molecule has 0 saturated heterocycles. The lowest BCUT2D eigenvalue weighted by Gasteiger charge is -2.01. The van der Waals surface area contributed by atoms with Gasteiger partial charge in [-0.15, -0.1) is 0 Å². The van der Waals surface area contributed by atoms with Crippen molar-refractivity contribution in [2.24, 2.45) is 0 Å². The van der Waals surface area contributed by atoms with Crippen LogP contribution < -0.4 is 0 Å². The topological polar surface area (TPSA) is 59.4 Å². The molecule has 0 aliphatic heterocycles. The van der Waals surface area contributed by atoms with Crippen LogP contribution in [0.25, 0.3) is 11.3 Å². The molecule has 0 amide bonds. The van der Waals surface area contributed by atoms with Crippen molar-refractivity contribution in [2.75, 3.05) is 6.61 Å². The third kappa shape index (κ3) is 2.45. The number of carbonyl (C=O) groups excluding carboxylic acids is 1. The molecule has 0 atom stereocenters. The molecular weight excluding hydrogens is 238 g/mol. The summed E-state index contributed by atoms with van der Waals surface area (Å²) in [7, 11) is 0. The van der Waals surface area contributed by atoms with Gasteiger partial charge in [-0.25, -0.2) is 9.78 Å². The van der Waals surface area contributed by atoms with E-state index in [0.717, 1.165) is 16.9 Å². The second kappa shape index (κ2) is 4.97. The van der Waals surface area contributed by atoms with E-state index in [2.05, 4.69) is 4.98 Å². The quantitative estimate of drug-likeness (QED) is 0.850. The van der Waals surface area contributed by atoms with E-state index in [9.17, 15) is 9.90 Å². The number of hydrogen-bond donors (Lipinski definition) is 1. The summed E-state index contributed by atoms with van der Waals surface area (Å²) in [6.07, 6.45) is 0. The maximum Gasteiger partial charge on any atom is 0.350 e. The van der Waals surface area contributed by atoms with Gasteiger partial charge in [-0.05, 0) is 6.92 Å². The van der Waals surface area contributed by atoms with Crippen molar-refractivity contribution in [1.82, 2.24) is 4.98 Å². The van der Waals surface area contributed by atoms with E-state index < -0.39 is 5.97 Å². The minimum Gasteiger partial charge on any atom is -0.486 e. The number of aromatic nitrogens is 1. The number of nitrogens with zero attached hydrogens (tertiary/aromatic N) is 1. The Labute approximate surface area is 103 Å². The zero-order valence-corrected chi connectivity index (χ0v) is 10.0. The van der Waals surface area contributed by atoms with Crippen LogP contribution in [0.5, 0.6) is 5.19 Å². The lowest BCUT2D eigenvalue weighted by Crippen LogP contribution is -2.03. The second-order valence-corrected chi connectivity index (χ2v) is 4.24. The number of hydrogen-bond acceptors (Lipinski definition) is 5. The molecule has 4 nitrogen and oxygen atoms in total. The Morgan fingerprint density at radius 3 is 2.76 bits per heavy atom. The van der Waals surface area contributed by atoms with E-state index in [1.807, 2.05) is 30.3 Å². The molecule has 0 aliphatic rings. The van der Waals surface area contributed by atoms with Gasteiger partial charge >= 0.3 is 5.97 Å². The minimum atomic E-state index is -0.454. The fourth-order valence-corrected chi connectivity index (χ4v) is 2.16. The second-order valence-electron chi connectivity index (χ2n) is 3.26. The zero-order chi connectivity index (χ0) is 12.3. The SMILES string of the molecule is CCOC(=O)c1sc(O)nc1-c1ccccc1. The molecule has 0 aliphatic carbocycles. The first-order valence-corrected chi connectivity index (χ1v) is 5.96. The molecule has 0 unspecified atom stereocenters. The first kappa shape index (κ1) is 11.6. The van der Waals surface area contributed by atoms with Crippen LogP contribution in [0.15, 0.2) is 30.3 Å². The third-order valence-electron chi connectivity index (χ3n) is 2.12. The molecule has 1 N–H and O–H groups in total. The smallest absolute Gasteiger partial charge is 0.350 e. The average molecular weight is 249 g/mol. The summed E-state index contributed by atoms with van der Waals surface area (Å²) in [5.74, 6) is -0.454. The highest BCUT2D eigenvalue weighted by Gasteiger charge is 2.20. The number of carbonyl (C=O) groups is 1. The van der Waals surface area contributed by atoms with Crippen molar-refractivity contribution in [1.29, 1.82) is 0 Å². The summed E-state index contributed by atoms with van der Waals surface area (Å²) in [5, 5.41) is 9.28. The molecule has 0 saturated carbocycles. The first-order valence-electron chi connectivity index (χ1n) is 5.14. The molecule has 5 heteroatoms. The van der Waals surface area contributed by atoms with E-state index in [4.69, 9.17) is 4.74 Å². The van der Waals surface area contributed by atoms with E-state index in [1.165, 1.54) is 0 Å². The van der Waals surface area contributed by atoms with Crippen molar-refractivity contribution in [3.63, 3.8) is 0 Å². The number of rotatable bonds is 3. The molecule has 2 rings (SSSR count). The lowest BCUT2D eigenvalue weighted by atomic mass is 10.1. The standard InChI is InChI=1S/C12H11NO3S/c1-2-16-11(14)10-9(13-12(15)17-10)8-6-4-3-5-7-8/h3-7H,2H2,1H3,(H,13,15). The first-order chi connectivity index (χ1) is 8.22. The van der Waals surface area contributed by atoms with Crippen molar-refractivity contribution in [2.45, 2.75) is 6.92 Å². The van der Waals surface area contributed by atoms with Crippen molar-refractivity contribution in [3.05, 3.63) is 35.2 Å². The number of aromatic hydroxyl groups is 1. The largest absolute Gasteiger partial charge is 0.486 e. The molecular formula is C12H11NO3S. The van der Waals surface area contributed by atoms with Gasteiger partial charge in [-0.2, -0.15) is 0 Å². The van der Waals surface area contributed by atoms with Gasteiger partial charge in [0.25, 0.3) is 5.19 Å². The van der Waals surface area contributed by atoms with E-state index in [0.29, 0.717) is 17.2 Å². The maximum atomic E-state index is 11.7. The predicted octanol–water partition coefficient (Wildman–Crippen LogP) is 2.69. The van der Waals surface area contributed by atoms with E-state index in [-0.39, 0.29) is 5.19 Å². The molecule has 1 aromatic heterocycles. The third-order valence-corrected chi connectivity index (χ3v) is 2.96. The summed E-state index contributed by atoms with van der Waals surface area (Å²) in [4.78, 5) is 16.0. The van der Waals surface area contributed by atoms with Crippen LogP contribution in [-0.4, -0.2) is 22.7 Å². The van der Waals surface area contributed by atoms with Crippen LogP contribution in [0.2, 0.25) is 0 Å². The number of ether oxygens (including phenoxy) is 1. The molecule has 0 spiro atoms. The Morgan fingerprint density at radius 2 is 2.12 bits per heavy atom. The summed E-state index contributed by atoms with van der Waals surface area (Å²) < 4.78 is 4.92. The van der Waals surface area contributed by atoms with Crippen molar-refractivity contribution >= 4 is 17.3 Å². The molecule has 1 heterocycles. The molecule has 2 aromatic rings. The summed E-state index contributed by atoms with van der Waals surface area (Å²) in [5.41, 5.74) is 1.25. The summed E-state index contributed by atoms with van der Waals surface area (Å²) in [6.45, 7) is 2.03. The van der Waals surface area contributed by atoms with Gasteiger partial charge in [0.05, 0.1) is 12.3 Å². The van der Waals surface area contributed by atoms with Gasteiger partial charge in [0.1, 0.15) is 4.88 Å². The predicted molar refractivity (Wildman–Crippen MR) is 65.2 cm³/mol. The molecule has 0 fully saturated rings. The molecule has 17 heavy (non-hydrogen) atoms. The van der Waals surface area contributed by atoms with Gasteiger partial charge in [0.15, 0.2) is 0 Å². The van der Waals surface area contributed by atoms with Gasteiger partial charge in [0.2, 0.25) is 0 Å². The van der Waals surface area contributed by atoms with Crippen LogP contribution in [-0.2, 0) is 4.74 Å². The Bertz CT molecular complexity index is 522. The van der Waals surface area contributed by atoms with Crippen molar-refractivity contribution in [3.8, 4) is 16.5 Å². The van der Waals surface area contributed by atoms with Gasteiger partial charge < -0.3 is 9.84 Å². The van der Waals surface area contributed by atoms with Crippen LogP contribution >= 0.6 is 11.3 Å². The Hall–Kier alpha value is -1.88. The molecule has 1 aromatic carbocycles. The highest BCUT2D eigenvalue weighted by molar-refractivity contribution is 7.15. The highest BCUT2D eigenvalue weighted by atomic mass is 32.1. The molecule has 0 bridgehead atoms. The zero-order valence-electron chi connectivity index (χ0n) is 9.21. The Balaban J connectivity index is 2.44. The highest BCUT2D eigenvalue weighted by Crippen LogP contribution is 2.32. The van der Waals surface area contributed by atoms with Crippen LogP contribution in [0, 0.1) is 0 Å². The monoisotopic (exact) mass is 249 g/mol. The van der Waals surface area contributed by atoms with Gasteiger partial charge in [-0.1, -0.05) is 41.7 Å². The number of thiazole rings is 1. The van der Waals surface area contributed by atoms with Crippen LogP contribution in [0.4, 0.5) is 0 Å². The fraction of sp³-hybridized carbons (Fsp3) is 0.167. The van der Waals surface area contributed by atoms with Gasteiger partial charge in [-0.3, -0.25) is 0 Å². The fourth-order valence-electron chi connectivity index (χ4n) is 1.44. The summed E-state index contributed by atoms with van der Waals surface area (Å²) in [6, 6.07) is 9.23. The minimum absolute atomic E-state index is 0.132. The van der Waals surface area contributed by atoms with Gasteiger partial charge in [0, 0.05) is 5.56 Å². The number of esters is 1. The lowest BCUT2D eigenvalue weighted by molar-refractivity contribution is 0.0532. The van der Waals surface area contributed by atoms with Crippen LogP contribution in [0.3, 0.4) is 0 Å². The van der Waals surface area contributed by atoms with Crippen molar-refractivity contribution < 1.29 is 14.6 Å². The Morgan fingerprint density at radius 1 is 1.41 bits per heavy atom. The average Bonchev–Trinajstić information content (AvgIpc) is 2.73. The van der Waals surface area contributed by atoms with Crippen LogP contribution in [0.1, 0.15) is 16.6 Å². The number of benzene rings is 1. The normalized spacial score (nSPS) is 10.2. The van der Waals surface area contributed by atoms with E-state index in [1.54, 1.807) is 6.92 Å². The molecule has 0 radical (unpaired) electrons. The maximum absolute atomic E-state index is 11.7. The summed E-state index contributed by atoms with van der Waals surface area (Å²) >= 11 is 0.927. The Kier molecular flexibility index (Phi) is 3.39. The van der Waals surface area contributed by atoms with E-state index >= 15 is 0 Å².